The molecular weight excluding hydrogens is 338 g/mol. The summed E-state index contributed by atoms with van der Waals surface area (Å²) in [6, 6.07) is 14.8. The van der Waals surface area contributed by atoms with E-state index in [0.29, 0.717) is 17.0 Å². The molecule has 3 rings (SSSR count). The van der Waals surface area contributed by atoms with Crippen molar-refractivity contribution < 1.29 is 9.59 Å². The molecule has 0 saturated carbocycles. The highest BCUT2D eigenvalue weighted by atomic mass is 16.2. The van der Waals surface area contributed by atoms with Crippen LogP contribution in [-0.2, 0) is 0 Å². The molecule has 0 radical (unpaired) electrons. The highest BCUT2D eigenvalue weighted by molar-refractivity contribution is 6.05. The molecule has 0 unspecified atom stereocenters. The van der Waals surface area contributed by atoms with Crippen molar-refractivity contribution in [3.05, 3.63) is 65.2 Å². The fourth-order valence-electron chi connectivity index (χ4n) is 3.11. The number of amides is 2. The lowest BCUT2D eigenvalue weighted by Gasteiger charge is -2.32. The number of likely N-dealkylation sites (N-methyl/N-ethyl adjacent to an activating group) is 1. The van der Waals surface area contributed by atoms with Gasteiger partial charge >= 0.3 is 0 Å². The SMILES string of the molecule is CC(C)c1ccc(NC(=O)c2ccc(C(=O)N3CCN(C)CC3)cc2)cc1. The highest BCUT2D eigenvalue weighted by Gasteiger charge is 2.20. The molecule has 1 heterocycles. The first-order chi connectivity index (χ1) is 12.9. The van der Waals surface area contributed by atoms with Gasteiger partial charge in [-0.2, -0.15) is 0 Å². The van der Waals surface area contributed by atoms with E-state index in [1.165, 1.54) is 5.56 Å². The van der Waals surface area contributed by atoms with E-state index in [0.717, 1.165) is 31.9 Å². The molecule has 5 nitrogen and oxygen atoms in total. The minimum absolute atomic E-state index is 0.0272. The van der Waals surface area contributed by atoms with Gasteiger partial charge in [0, 0.05) is 43.0 Å². The average molecular weight is 365 g/mol. The van der Waals surface area contributed by atoms with Gasteiger partial charge in [-0.05, 0) is 54.9 Å². The van der Waals surface area contributed by atoms with Gasteiger partial charge in [-0.1, -0.05) is 26.0 Å². The van der Waals surface area contributed by atoms with Gasteiger partial charge in [-0.25, -0.2) is 0 Å². The molecule has 1 aliphatic heterocycles. The average Bonchev–Trinajstić information content (AvgIpc) is 2.68. The van der Waals surface area contributed by atoms with Crippen molar-refractivity contribution in [3.8, 4) is 0 Å². The zero-order valence-electron chi connectivity index (χ0n) is 16.2. The molecule has 0 aliphatic carbocycles. The fraction of sp³-hybridized carbons (Fsp3) is 0.364. The van der Waals surface area contributed by atoms with Crippen LogP contribution in [0.1, 0.15) is 46.0 Å². The Hall–Kier alpha value is -2.66. The van der Waals surface area contributed by atoms with Gasteiger partial charge in [-0.3, -0.25) is 9.59 Å². The smallest absolute Gasteiger partial charge is 0.255 e. The Kier molecular flexibility index (Phi) is 5.91. The van der Waals surface area contributed by atoms with Crippen molar-refractivity contribution in [1.82, 2.24) is 9.80 Å². The minimum Gasteiger partial charge on any atom is -0.336 e. The highest BCUT2D eigenvalue weighted by Crippen LogP contribution is 2.18. The summed E-state index contributed by atoms with van der Waals surface area (Å²) in [7, 11) is 2.06. The minimum atomic E-state index is -0.175. The summed E-state index contributed by atoms with van der Waals surface area (Å²) in [5, 5.41) is 2.90. The van der Waals surface area contributed by atoms with Crippen molar-refractivity contribution in [2.45, 2.75) is 19.8 Å². The summed E-state index contributed by atoms with van der Waals surface area (Å²) in [6.45, 7) is 7.54. The van der Waals surface area contributed by atoms with Gasteiger partial charge in [0.1, 0.15) is 0 Å². The van der Waals surface area contributed by atoms with Gasteiger partial charge in [0.25, 0.3) is 11.8 Å². The Morgan fingerprint density at radius 1 is 0.852 bits per heavy atom. The van der Waals surface area contributed by atoms with E-state index in [1.807, 2.05) is 29.2 Å². The Bertz CT molecular complexity index is 789. The quantitative estimate of drug-likeness (QED) is 0.903. The molecule has 2 amide bonds. The second kappa shape index (κ2) is 8.35. The first kappa shape index (κ1) is 19.1. The van der Waals surface area contributed by atoms with Crippen LogP contribution in [0.2, 0.25) is 0 Å². The lowest BCUT2D eigenvalue weighted by molar-refractivity contribution is 0.0664. The predicted octanol–water partition coefficient (Wildman–Crippen LogP) is 3.45. The monoisotopic (exact) mass is 365 g/mol. The molecule has 1 aliphatic rings. The summed E-state index contributed by atoms with van der Waals surface area (Å²) >= 11 is 0. The first-order valence-electron chi connectivity index (χ1n) is 9.43. The molecule has 27 heavy (non-hydrogen) atoms. The molecule has 1 saturated heterocycles. The van der Waals surface area contributed by atoms with Crippen molar-refractivity contribution in [2.75, 3.05) is 38.5 Å². The number of hydrogen-bond donors (Lipinski definition) is 1. The number of nitrogens with one attached hydrogen (secondary N) is 1. The second-order valence-corrected chi connectivity index (χ2v) is 7.40. The molecule has 142 valence electrons. The van der Waals surface area contributed by atoms with Gasteiger partial charge in [-0.15, -0.1) is 0 Å². The zero-order chi connectivity index (χ0) is 19.4. The van der Waals surface area contributed by atoms with Crippen LogP contribution >= 0.6 is 0 Å². The Labute approximate surface area is 161 Å². The van der Waals surface area contributed by atoms with Crippen LogP contribution in [0, 0.1) is 0 Å². The molecule has 1 fully saturated rings. The topological polar surface area (TPSA) is 52.7 Å². The number of carbonyl (C=O) groups is 2. The maximum Gasteiger partial charge on any atom is 0.255 e. The molecular formula is C22H27N3O2. The molecule has 0 aromatic heterocycles. The number of rotatable bonds is 4. The fourth-order valence-corrected chi connectivity index (χ4v) is 3.11. The molecule has 0 atom stereocenters. The van der Waals surface area contributed by atoms with Crippen LogP contribution in [0.25, 0.3) is 0 Å². The molecule has 2 aromatic carbocycles. The predicted molar refractivity (Wildman–Crippen MR) is 108 cm³/mol. The number of piperazine rings is 1. The van der Waals surface area contributed by atoms with Crippen LogP contribution in [0.5, 0.6) is 0 Å². The Morgan fingerprint density at radius 2 is 1.41 bits per heavy atom. The number of carbonyl (C=O) groups excluding carboxylic acids is 2. The largest absolute Gasteiger partial charge is 0.336 e. The van der Waals surface area contributed by atoms with E-state index in [2.05, 4.69) is 31.1 Å². The van der Waals surface area contributed by atoms with E-state index in [4.69, 9.17) is 0 Å². The van der Waals surface area contributed by atoms with Gasteiger partial charge in [0.05, 0.1) is 0 Å². The van der Waals surface area contributed by atoms with Crippen LogP contribution in [-0.4, -0.2) is 54.8 Å². The molecule has 2 aromatic rings. The lowest BCUT2D eigenvalue weighted by atomic mass is 10.0. The van der Waals surface area contributed by atoms with E-state index in [-0.39, 0.29) is 11.8 Å². The molecule has 0 spiro atoms. The summed E-state index contributed by atoms with van der Waals surface area (Å²) in [5.41, 5.74) is 3.16. The second-order valence-electron chi connectivity index (χ2n) is 7.40. The third-order valence-electron chi connectivity index (χ3n) is 5.02. The lowest BCUT2D eigenvalue weighted by Crippen LogP contribution is -2.47. The number of anilines is 1. The molecule has 0 bridgehead atoms. The van der Waals surface area contributed by atoms with E-state index in [1.54, 1.807) is 24.3 Å². The van der Waals surface area contributed by atoms with E-state index in [9.17, 15) is 9.59 Å². The van der Waals surface area contributed by atoms with Crippen LogP contribution in [0.3, 0.4) is 0 Å². The third-order valence-corrected chi connectivity index (χ3v) is 5.02. The van der Waals surface area contributed by atoms with E-state index >= 15 is 0 Å². The maximum absolute atomic E-state index is 12.6. The van der Waals surface area contributed by atoms with Crippen LogP contribution in [0.15, 0.2) is 48.5 Å². The van der Waals surface area contributed by atoms with Crippen molar-refractivity contribution >= 4 is 17.5 Å². The van der Waals surface area contributed by atoms with Gasteiger partial charge < -0.3 is 15.1 Å². The number of nitrogens with zero attached hydrogens (tertiary/aromatic N) is 2. The summed E-state index contributed by atoms with van der Waals surface area (Å²) in [5.74, 6) is 0.311. The molecule has 1 N–H and O–H groups in total. The van der Waals surface area contributed by atoms with Crippen LogP contribution in [0.4, 0.5) is 5.69 Å². The van der Waals surface area contributed by atoms with E-state index < -0.39 is 0 Å². The third kappa shape index (κ3) is 4.74. The Morgan fingerprint density at radius 3 is 1.96 bits per heavy atom. The first-order valence-corrected chi connectivity index (χ1v) is 9.43. The van der Waals surface area contributed by atoms with Crippen molar-refractivity contribution in [2.24, 2.45) is 0 Å². The van der Waals surface area contributed by atoms with Crippen LogP contribution < -0.4 is 5.32 Å². The summed E-state index contributed by atoms with van der Waals surface area (Å²) < 4.78 is 0. The van der Waals surface area contributed by atoms with Crippen molar-refractivity contribution in [1.29, 1.82) is 0 Å². The zero-order valence-corrected chi connectivity index (χ0v) is 16.2. The van der Waals surface area contributed by atoms with Crippen molar-refractivity contribution in [3.63, 3.8) is 0 Å². The summed E-state index contributed by atoms with van der Waals surface area (Å²) in [4.78, 5) is 29.1. The number of hydrogen-bond acceptors (Lipinski definition) is 3. The number of benzene rings is 2. The molecule has 5 heteroatoms. The standard InChI is InChI=1S/C22H27N3O2/c1-16(2)17-8-10-20(11-9-17)23-21(26)18-4-6-19(7-5-18)22(27)25-14-12-24(3)13-15-25/h4-11,16H,12-15H2,1-3H3,(H,23,26). The van der Waals surface area contributed by atoms with Gasteiger partial charge in [0.15, 0.2) is 0 Å². The normalized spacial score (nSPS) is 15.0. The summed E-state index contributed by atoms with van der Waals surface area (Å²) in [6.07, 6.45) is 0. The van der Waals surface area contributed by atoms with Gasteiger partial charge in [0.2, 0.25) is 0 Å². The Balaban J connectivity index is 1.62. The maximum atomic E-state index is 12.6.